The van der Waals surface area contributed by atoms with Crippen molar-refractivity contribution < 1.29 is 19.1 Å². The van der Waals surface area contributed by atoms with Gasteiger partial charge in [0.2, 0.25) is 6.79 Å². The zero-order valence-corrected chi connectivity index (χ0v) is 10.4. The molecule has 4 heteroatoms. The standard InChI is InChI=1S/C15H14O4/c1-2-12(16)9-13(17)5-3-4-11-6-7-14-15(8-11)19-10-18-14/h2-3,5-8H,1,4,9-10H2. The van der Waals surface area contributed by atoms with E-state index in [1.165, 1.54) is 6.08 Å². The van der Waals surface area contributed by atoms with Gasteiger partial charge in [-0.25, -0.2) is 0 Å². The van der Waals surface area contributed by atoms with Crippen LogP contribution in [0, 0.1) is 0 Å². The molecule has 1 aromatic carbocycles. The molecule has 0 atom stereocenters. The second-order valence-electron chi connectivity index (χ2n) is 4.11. The molecule has 1 aliphatic heterocycles. The number of ether oxygens (including phenoxy) is 2. The molecule has 1 heterocycles. The van der Waals surface area contributed by atoms with Crippen molar-refractivity contribution in [1.82, 2.24) is 0 Å². The Kier molecular flexibility index (Phi) is 4.13. The van der Waals surface area contributed by atoms with E-state index in [4.69, 9.17) is 9.47 Å². The molecule has 0 radical (unpaired) electrons. The first-order chi connectivity index (χ1) is 9.19. The van der Waals surface area contributed by atoms with Crippen LogP contribution in [0.3, 0.4) is 0 Å². The zero-order chi connectivity index (χ0) is 13.7. The largest absolute Gasteiger partial charge is 0.454 e. The highest BCUT2D eigenvalue weighted by atomic mass is 16.7. The molecule has 0 spiro atoms. The van der Waals surface area contributed by atoms with E-state index in [2.05, 4.69) is 6.58 Å². The number of ketones is 2. The summed E-state index contributed by atoms with van der Waals surface area (Å²) in [5, 5.41) is 0. The van der Waals surface area contributed by atoms with Crippen LogP contribution in [-0.2, 0) is 16.0 Å². The van der Waals surface area contributed by atoms with Crippen LogP contribution in [0.25, 0.3) is 0 Å². The second kappa shape index (κ2) is 6.00. The van der Waals surface area contributed by atoms with Crippen molar-refractivity contribution in [3.05, 3.63) is 48.6 Å². The predicted octanol–water partition coefficient (Wildman–Crippen LogP) is 2.23. The van der Waals surface area contributed by atoms with Crippen molar-refractivity contribution in [2.24, 2.45) is 0 Å². The van der Waals surface area contributed by atoms with Gasteiger partial charge in [0.1, 0.15) is 0 Å². The topological polar surface area (TPSA) is 52.6 Å². The van der Waals surface area contributed by atoms with Gasteiger partial charge in [-0.1, -0.05) is 18.7 Å². The number of rotatable bonds is 6. The van der Waals surface area contributed by atoms with E-state index in [0.29, 0.717) is 6.42 Å². The number of carbonyl (C=O) groups excluding carboxylic acids is 2. The number of allylic oxidation sites excluding steroid dienone is 3. The van der Waals surface area contributed by atoms with E-state index in [9.17, 15) is 9.59 Å². The summed E-state index contributed by atoms with van der Waals surface area (Å²) in [4.78, 5) is 22.4. The summed E-state index contributed by atoms with van der Waals surface area (Å²) < 4.78 is 10.5. The highest BCUT2D eigenvalue weighted by Crippen LogP contribution is 2.32. The Morgan fingerprint density at radius 1 is 1.21 bits per heavy atom. The van der Waals surface area contributed by atoms with Crippen LogP contribution >= 0.6 is 0 Å². The quantitative estimate of drug-likeness (QED) is 0.580. The van der Waals surface area contributed by atoms with Gasteiger partial charge in [0.15, 0.2) is 23.1 Å². The molecule has 2 rings (SSSR count). The molecular formula is C15H14O4. The lowest BCUT2D eigenvalue weighted by Gasteiger charge is -1.99. The fraction of sp³-hybridized carbons (Fsp3) is 0.200. The second-order valence-corrected chi connectivity index (χ2v) is 4.11. The van der Waals surface area contributed by atoms with Gasteiger partial charge in [0, 0.05) is 0 Å². The van der Waals surface area contributed by atoms with Crippen molar-refractivity contribution in [2.45, 2.75) is 12.8 Å². The third-order valence-corrected chi connectivity index (χ3v) is 2.67. The van der Waals surface area contributed by atoms with Gasteiger partial charge in [-0.3, -0.25) is 9.59 Å². The third-order valence-electron chi connectivity index (χ3n) is 2.67. The van der Waals surface area contributed by atoms with Crippen molar-refractivity contribution in [3.63, 3.8) is 0 Å². The van der Waals surface area contributed by atoms with Crippen LogP contribution < -0.4 is 9.47 Å². The smallest absolute Gasteiger partial charge is 0.231 e. The number of benzene rings is 1. The lowest BCUT2D eigenvalue weighted by molar-refractivity contribution is -0.121. The summed E-state index contributed by atoms with van der Waals surface area (Å²) in [5.41, 5.74) is 1.02. The predicted molar refractivity (Wildman–Crippen MR) is 70.2 cm³/mol. The van der Waals surface area contributed by atoms with Gasteiger partial charge in [-0.05, 0) is 36.3 Å². The summed E-state index contributed by atoms with van der Waals surface area (Å²) in [7, 11) is 0. The molecule has 0 unspecified atom stereocenters. The lowest BCUT2D eigenvalue weighted by Crippen LogP contribution is -2.01. The number of fused-ring (bicyclic) bond motifs is 1. The van der Waals surface area contributed by atoms with E-state index < -0.39 is 0 Å². The van der Waals surface area contributed by atoms with Crippen molar-refractivity contribution in [3.8, 4) is 11.5 Å². The molecule has 98 valence electrons. The first-order valence-corrected chi connectivity index (χ1v) is 5.92. The van der Waals surface area contributed by atoms with Crippen LogP contribution in [0.5, 0.6) is 11.5 Å². The first kappa shape index (κ1) is 13.1. The average Bonchev–Trinajstić information content (AvgIpc) is 2.86. The van der Waals surface area contributed by atoms with Crippen LogP contribution in [0.2, 0.25) is 0 Å². The number of hydrogen-bond donors (Lipinski definition) is 0. The van der Waals surface area contributed by atoms with Crippen LogP contribution in [0.15, 0.2) is 43.0 Å². The van der Waals surface area contributed by atoms with Gasteiger partial charge in [-0.15, -0.1) is 0 Å². The Hall–Kier alpha value is -2.36. The average molecular weight is 258 g/mol. The highest BCUT2D eigenvalue weighted by molar-refractivity contribution is 6.08. The van der Waals surface area contributed by atoms with Gasteiger partial charge in [0.25, 0.3) is 0 Å². The van der Waals surface area contributed by atoms with Crippen molar-refractivity contribution >= 4 is 11.6 Å². The Labute approximate surface area is 111 Å². The van der Waals surface area contributed by atoms with Gasteiger partial charge >= 0.3 is 0 Å². The molecular weight excluding hydrogens is 244 g/mol. The van der Waals surface area contributed by atoms with Gasteiger partial charge in [0.05, 0.1) is 6.42 Å². The van der Waals surface area contributed by atoms with Crippen LogP contribution in [0.4, 0.5) is 0 Å². The molecule has 1 aromatic rings. The Morgan fingerprint density at radius 2 is 2.00 bits per heavy atom. The molecule has 0 aromatic heterocycles. The molecule has 1 aliphatic rings. The van der Waals surface area contributed by atoms with Crippen molar-refractivity contribution in [1.29, 1.82) is 0 Å². The fourth-order valence-electron chi connectivity index (χ4n) is 1.70. The maximum Gasteiger partial charge on any atom is 0.231 e. The Bertz CT molecular complexity index is 543. The normalized spacial score (nSPS) is 12.6. The minimum atomic E-state index is -0.266. The Morgan fingerprint density at radius 3 is 2.79 bits per heavy atom. The molecule has 0 saturated heterocycles. The van der Waals surface area contributed by atoms with Crippen LogP contribution in [0.1, 0.15) is 12.0 Å². The maximum atomic E-state index is 11.4. The highest BCUT2D eigenvalue weighted by Gasteiger charge is 2.12. The minimum absolute atomic E-state index is 0.124. The molecule has 4 nitrogen and oxygen atoms in total. The van der Waals surface area contributed by atoms with E-state index in [0.717, 1.165) is 23.1 Å². The van der Waals surface area contributed by atoms with Gasteiger partial charge < -0.3 is 9.47 Å². The molecule has 0 bridgehead atoms. The van der Waals surface area contributed by atoms with E-state index in [1.54, 1.807) is 6.08 Å². The number of carbonyl (C=O) groups is 2. The summed E-state index contributed by atoms with van der Waals surface area (Å²) >= 11 is 0. The van der Waals surface area contributed by atoms with Crippen LogP contribution in [-0.4, -0.2) is 18.4 Å². The molecule has 0 amide bonds. The first-order valence-electron chi connectivity index (χ1n) is 5.92. The molecule has 0 aliphatic carbocycles. The van der Waals surface area contributed by atoms with E-state index >= 15 is 0 Å². The summed E-state index contributed by atoms with van der Waals surface area (Å²) in [6, 6.07) is 5.64. The third kappa shape index (κ3) is 3.55. The van der Waals surface area contributed by atoms with E-state index in [1.807, 2.05) is 18.2 Å². The lowest BCUT2D eigenvalue weighted by atomic mass is 10.1. The van der Waals surface area contributed by atoms with E-state index in [-0.39, 0.29) is 24.8 Å². The monoisotopic (exact) mass is 258 g/mol. The molecule has 0 saturated carbocycles. The minimum Gasteiger partial charge on any atom is -0.454 e. The summed E-state index contributed by atoms with van der Waals surface area (Å²) in [5.74, 6) is 0.975. The zero-order valence-electron chi connectivity index (χ0n) is 10.4. The Balaban J connectivity index is 1.90. The maximum absolute atomic E-state index is 11.4. The summed E-state index contributed by atoms with van der Waals surface area (Å²) in [6.45, 7) is 3.57. The van der Waals surface area contributed by atoms with Gasteiger partial charge in [-0.2, -0.15) is 0 Å². The SMILES string of the molecule is C=CC(=O)CC(=O)C=CCc1ccc2c(c1)OCO2. The summed E-state index contributed by atoms with van der Waals surface area (Å²) in [6.07, 6.45) is 4.79. The van der Waals surface area contributed by atoms with Crippen molar-refractivity contribution in [2.75, 3.05) is 6.79 Å². The molecule has 0 N–H and O–H groups in total. The molecule has 0 fully saturated rings. The fourth-order valence-corrected chi connectivity index (χ4v) is 1.70. The number of hydrogen-bond acceptors (Lipinski definition) is 4. The molecule has 19 heavy (non-hydrogen) atoms.